The molecule has 0 saturated carbocycles. The van der Waals surface area contributed by atoms with Crippen LogP contribution in [0.2, 0.25) is 5.02 Å². The quantitative estimate of drug-likeness (QED) is 0.433. The predicted octanol–water partition coefficient (Wildman–Crippen LogP) is 5.75. The second kappa shape index (κ2) is 12.8. The molecule has 3 rings (SSSR count). The maximum absolute atomic E-state index is 12.5. The van der Waals surface area contributed by atoms with Gasteiger partial charge in [-0.15, -0.1) is 13.2 Å². The molecule has 0 aliphatic carbocycles. The summed E-state index contributed by atoms with van der Waals surface area (Å²) in [7, 11) is 2.07. The van der Waals surface area contributed by atoms with Crippen LogP contribution in [0.3, 0.4) is 0 Å². The van der Waals surface area contributed by atoms with Crippen LogP contribution in [0.5, 0.6) is 5.75 Å². The highest BCUT2D eigenvalue weighted by molar-refractivity contribution is 9.10. The van der Waals surface area contributed by atoms with E-state index < -0.39 is 18.0 Å². The second-order valence-electron chi connectivity index (χ2n) is 9.27. The van der Waals surface area contributed by atoms with Gasteiger partial charge in [0.15, 0.2) is 0 Å². The monoisotopic (exact) mass is 608 g/mol. The number of hydrogen-bond acceptors (Lipinski definition) is 7. The molecule has 1 atom stereocenters. The Morgan fingerprint density at radius 3 is 2.41 bits per heavy atom. The standard InChI is InChI=1S/C19H19BrClF3N4O2.C5H10O2/c1-11-10-28(6-5-27(11)2)17-4-3-12(9-25-17)18(29)26-15-8-16(30-19(22,23)24)13(20)7-14(15)21;1-5(2,3)7-4-6/h3-4,7-9,11H,5-6,10H2,1-2H3,(H,26,29);4H,1-3H3. The number of aromatic nitrogens is 1. The number of carbonyl (C=O) groups is 2. The van der Waals surface area contributed by atoms with Gasteiger partial charge < -0.3 is 24.6 Å². The fourth-order valence-corrected chi connectivity index (χ4v) is 3.90. The molecule has 2 aromatic rings. The molecule has 8 nitrogen and oxygen atoms in total. The zero-order valence-electron chi connectivity index (χ0n) is 21.0. The molecule has 0 radical (unpaired) electrons. The third-order valence-corrected chi connectivity index (χ3v) is 6.12. The number of piperazine rings is 1. The number of hydrogen-bond donors (Lipinski definition) is 1. The molecule has 2 heterocycles. The van der Waals surface area contributed by atoms with Crippen molar-refractivity contribution < 1.29 is 32.2 Å². The maximum Gasteiger partial charge on any atom is 0.573 e. The zero-order valence-corrected chi connectivity index (χ0v) is 23.4. The minimum Gasteiger partial charge on any atom is -0.462 e. The number of nitrogens with zero attached hydrogens (tertiary/aromatic N) is 3. The number of pyridine rings is 1. The van der Waals surface area contributed by atoms with E-state index in [0.717, 1.165) is 31.5 Å². The molecule has 1 unspecified atom stereocenters. The smallest absolute Gasteiger partial charge is 0.462 e. The summed E-state index contributed by atoms with van der Waals surface area (Å²) in [6, 6.07) is 5.96. The highest BCUT2D eigenvalue weighted by atomic mass is 79.9. The summed E-state index contributed by atoms with van der Waals surface area (Å²) in [5, 5.41) is 2.55. The van der Waals surface area contributed by atoms with Gasteiger partial charge in [-0.1, -0.05) is 11.6 Å². The summed E-state index contributed by atoms with van der Waals surface area (Å²) >= 11 is 9.01. The molecule has 0 bridgehead atoms. The van der Waals surface area contributed by atoms with Crippen molar-refractivity contribution in [1.82, 2.24) is 9.88 Å². The Morgan fingerprint density at radius 1 is 1.24 bits per heavy atom. The van der Waals surface area contributed by atoms with Crippen molar-refractivity contribution in [2.45, 2.75) is 45.7 Å². The van der Waals surface area contributed by atoms with Crippen LogP contribution in [0.1, 0.15) is 38.1 Å². The summed E-state index contributed by atoms with van der Waals surface area (Å²) in [5.41, 5.74) is -0.0823. The van der Waals surface area contributed by atoms with Gasteiger partial charge in [0, 0.05) is 37.9 Å². The maximum atomic E-state index is 12.5. The number of halogens is 5. The molecule has 1 N–H and O–H groups in total. The van der Waals surface area contributed by atoms with E-state index in [2.05, 4.69) is 59.5 Å². The minimum atomic E-state index is -4.88. The van der Waals surface area contributed by atoms with Crippen LogP contribution in [0, 0.1) is 0 Å². The second-order valence-corrected chi connectivity index (χ2v) is 10.5. The SMILES string of the molecule is CC(C)(C)OC=O.CC1CN(c2ccc(C(=O)Nc3cc(OC(F)(F)F)c(Br)cc3Cl)cn2)CCN1C. The molecule has 1 aliphatic rings. The van der Waals surface area contributed by atoms with Gasteiger partial charge in [-0.3, -0.25) is 9.59 Å². The van der Waals surface area contributed by atoms with Crippen molar-refractivity contribution in [3.8, 4) is 5.75 Å². The fraction of sp³-hybridized carbons (Fsp3) is 0.458. The topological polar surface area (TPSA) is 84.0 Å². The fourth-order valence-electron chi connectivity index (χ4n) is 3.13. The first kappa shape index (κ1) is 30.7. The van der Waals surface area contributed by atoms with Crippen LogP contribution in [-0.2, 0) is 9.53 Å². The average molecular weight is 610 g/mol. The lowest BCUT2D eigenvalue weighted by molar-refractivity contribution is -0.274. The number of anilines is 2. The van der Waals surface area contributed by atoms with Crippen LogP contribution >= 0.6 is 27.5 Å². The van der Waals surface area contributed by atoms with Crippen molar-refractivity contribution in [1.29, 1.82) is 0 Å². The zero-order chi connectivity index (χ0) is 28.0. The first-order valence-electron chi connectivity index (χ1n) is 11.2. The Labute approximate surface area is 227 Å². The van der Waals surface area contributed by atoms with Crippen molar-refractivity contribution in [2.24, 2.45) is 0 Å². The molecule has 1 amide bonds. The average Bonchev–Trinajstić information content (AvgIpc) is 2.78. The third kappa shape index (κ3) is 10.0. The van der Waals surface area contributed by atoms with E-state index in [9.17, 15) is 22.8 Å². The summed E-state index contributed by atoms with van der Waals surface area (Å²) in [6.07, 6.45) is -3.45. The lowest BCUT2D eigenvalue weighted by atomic mass is 10.2. The number of nitrogens with one attached hydrogen (secondary N) is 1. The third-order valence-electron chi connectivity index (χ3n) is 5.19. The predicted molar refractivity (Wildman–Crippen MR) is 139 cm³/mol. The van der Waals surface area contributed by atoms with E-state index in [1.54, 1.807) is 12.1 Å². The van der Waals surface area contributed by atoms with Gasteiger partial charge in [-0.05, 0) is 68.9 Å². The Balaban J connectivity index is 0.000000604. The van der Waals surface area contributed by atoms with Gasteiger partial charge in [-0.2, -0.15) is 0 Å². The summed E-state index contributed by atoms with van der Waals surface area (Å²) in [6.45, 7) is 10.6. The molecule has 13 heteroatoms. The van der Waals surface area contributed by atoms with Crippen LogP contribution in [0.25, 0.3) is 0 Å². The van der Waals surface area contributed by atoms with Crippen LogP contribution in [0.4, 0.5) is 24.7 Å². The Morgan fingerprint density at radius 2 is 1.92 bits per heavy atom. The molecular formula is C24H29BrClF3N4O4. The molecule has 1 aromatic heterocycles. The normalized spacial score (nSPS) is 16.4. The number of amides is 1. The molecular weight excluding hydrogens is 581 g/mol. The number of likely N-dealkylation sites (N-methyl/N-ethyl adjacent to an activating group) is 1. The van der Waals surface area contributed by atoms with Crippen molar-refractivity contribution in [3.63, 3.8) is 0 Å². The number of ether oxygens (including phenoxy) is 2. The Kier molecular flexibility index (Phi) is 10.6. The van der Waals surface area contributed by atoms with Crippen LogP contribution in [-0.4, -0.2) is 67.0 Å². The first-order valence-corrected chi connectivity index (χ1v) is 12.4. The van der Waals surface area contributed by atoms with E-state index >= 15 is 0 Å². The Bertz CT molecular complexity index is 1080. The van der Waals surface area contributed by atoms with E-state index in [0.29, 0.717) is 12.5 Å². The van der Waals surface area contributed by atoms with Crippen molar-refractivity contribution in [3.05, 3.63) is 45.5 Å². The van der Waals surface area contributed by atoms with E-state index in [4.69, 9.17) is 11.6 Å². The summed E-state index contributed by atoms with van der Waals surface area (Å²) in [4.78, 5) is 30.9. The van der Waals surface area contributed by atoms with Crippen LogP contribution < -0.4 is 15.0 Å². The molecule has 1 saturated heterocycles. The van der Waals surface area contributed by atoms with Crippen molar-refractivity contribution >= 4 is 51.4 Å². The number of alkyl halides is 3. The number of carbonyl (C=O) groups excluding carboxylic acids is 2. The lowest BCUT2D eigenvalue weighted by Gasteiger charge is -2.38. The Hall–Kier alpha value is -2.57. The summed E-state index contributed by atoms with van der Waals surface area (Å²) in [5.74, 6) is -0.308. The van der Waals surface area contributed by atoms with Crippen molar-refractivity contribution in [2.75, 3.05) is 36.9 Å². The van der Waals surface area contributed by atoms with Crippen LogP contribution in [0.15, 0.2) is 34.9 Å². The molecule has 204 valence electrons. The van der Waals surface area contributed by atoms with Gasteiger partial charge in [0.25, 0.3) is 12.4 Å². The number of benzene rings is 1. The molecule has 1 aromatic carbocycles. The van der Waals surface area contributed by atoms with Gasteiger partial charge >= 0.3 is 6.36 Å². The van der Waals surface area contributed by atoms with Gasteiger partial charge in [0.1, 0.15) is 17.2 Å². The minimum absolute atomic E-state index is 0.00949. The van der Waals surface area contributed by atoms with E-state index in [-0.39, 0.29) is 26.3 Å². The van der Waals surface area contributed by atoms with Gasteiger partial charge in [0.2, 0.25) is 0 Å². The largest absolute Gasteiger partial charge is 0.573 e. The molecule has 1 aliphatic heterocycles. The van der Waals surface area contributed by atoms with E-state index in [1.807, 2.05) is 20.8 Å². The first-order chi connectivity index (χ1) is 17.1. The van der Waals surface area contributed by atoms with Gasteiger partial charge in [0.05, 0.1) is 20.7 Å². The lowest BCUT2D eigenvalue weighted by Crippen LogP contribution is -2.50. The highest BCUT2D eigenvalue weighted by Crippen LogP contribution is 2.37. The number of rotatable bonds is 5. The summed E-state index contributed by atoms with van der Waals surface area (Å²) < 4.78 is 46.1. The molecule has 1 fully saturated rings. The highest BCUT2D eigenvalue weighted by Gasteiger charge is 2.32. The van der Waals surface area contributed by atoms with E-state index in [1.165, 1.54) is 12.3 Å². The molecule has 0 spiro atoms. The van der Waals surface area contributed by atoms with Gasteiger partial charge in [-0.25, -0.2) is 4.98 Å². The molecule has 37 heavy (non-hydrogen) atoms.